The van der Waals surface area contributed by atoms with E-state index in [1.807, 2.05) is 0 Å². The highest BCUT2D eigenvalue weighted by atomic mass is 32.3. The van der Waals surface area contributed by atoms with Crippen LogP contribution in [-0.4, -0.2) is 50.0 Å². The van der Waals surface area contributed by atoms with Gasteiger partial charge in [-0.05, 0) is 18.9 Å². The van der Waals surface area contributed by atoms with Crippen LogP contribution in [0.3, 0.4) is 0 Å². The molecular formula is C13H19NO7S. The van der Waals surface area contributed by atoms with E-state index in [4.69, 9.17) is 9.47 Å². The fourth-order valence-electron chi connectivity index (χ4n) is 2.18. The number of benzene rings is 1. The Hall–Kier alpha value is -1.55. The molecule has 0 atom stereocenters. The van der Waals surface area contributed by atoms with E-state index in [0.29, 0.717) is 5.75 Å². The molecule has 3 N–H and O–H groups in total. The van der Waals surface area contributed by atoms with E-state index < -0.39 is 21.1 Å². The normalized spacial score (nSPS) is 20.9. The molecule has 0 spiro atoms. The van der Waals surface area contributed by atoms with Gasteiger partial charge in [0.05, 0.1) is 18.1 Å². The Labute approximate surface area is 129 Å². The summed E-state index contributed by atoms with van der Waals surface area (Å²) in [6.45, 7) is -0.0449. The number of aliphatic hydroxyl groups is 1. The van der Waals surface area contributed by atoms with E-state index in [-0.39, 0.29) is 42.4 Å². The Morgan fingerprint density at radius 1 is 1.32 bits per heavy atom. The summed E-state index contributed by atoms with van der Waals surface area (Å²) in [7, 11) is -1.21. The average Bonchev–Trinajstić information content (AvgIpc) is 2.48. The molecule has 1 saturated heterocycles. The second-order valence-corrected chi connectivity index (χ2v) is 7.74. The molecule has 1 aliphatic rings. The maximum Gasteiger partial charge on any atom is 0.273 e. The molecule has 1 fully saturated rings. The molecule has 0 aliphatic carbocycles. The molecule has 124 valence electrons. The van der Waals surface area contributed by atoms with Gasteiger partial charge in [0, 0.05) is 17.6 Å². The van der Waals surface area contributed by atoms with Gasteiger partial charge in [-0.1, -0.05) is 0 Å². The van der Waals surface area contributed by atoms with Crippen molar-refractivity contribution in [2.75, 3.05) is 25.2 Å². The van der Waals surface area contributed by atoms with Crippen molar-refractivity contribution in [1.29, 1.82) is 0 Å². The maximum atomic E-state index is 10.7. The number of nitro groups is 1. The third kappa shape index (κ3) is 4.01. The van der Waals surface area contributed by atoms with Gasteiger partial charge in [-0.3, -0.25) is 19.2 Å². The van der Waals surface area contributed by atoms with Crippen molar-refractivity contribution in [3.05, 3.63) is 28.3 Å². The summed E-state index contributed by atoms with van der Waals surface area (Å²) < 4.78 is 29.7. The fourth-order valence-corrected chi connectivity index (χ4v) is 3.80. The number of hydrogen-bond donors (Lipinski definition) is 3. The quantitative estimate of drug-likeness (QED) is 0.558. The van der Waals surface area contributed by atoms with E-state index >= 15 is 0 Å². The molecular weight excluding hydrogens is 314 g/mol. The predicted molar refractivity (Wildman–Crippen MR) is 81.9 cm³/mol. The van der Waals surface area contributed by atoms with Crippen LogP contribution in [0.1, 0.15) is 12.8 Å². The van der Waals surface area contributed by atoms with Gasteiger partial charge in [0.1, 0.15) is 12.2 Å². The van der Waals surface area contributed by atoms with Gasteiger partial charge in [-0.25, -0.2) is 0 Å². The lowest BCUT2D eigenvalue weighted by atomic mass is 9.98. The highest BCUT2D eigenvalue weighted by Gasteiger charge is 2.36. The van der Waals surface area contributed by atoms with Crippen LogP contribution in [0, 0.1) is 10.1 Å². The maximum absolute atomic E-state index is 10.7. The predicted octanol–water partition coefficient (Wildman–Crippen LogP) is 2.26. The van der Waals surface area contributed by atoms with Crippen LogP contribution in [0.15, 0.2) is 18.2 Å². The summed E-state index contributed by atoms with van der Waals surface area (Å²) in [6.07, 6.45) is 0.454. The third-order valence-corrected chi connectivity index (χ3v) is 5.36. The zero-order valence-corrected chi connectivity index (χ0v) is 12.9. The third-order valence-electron chi connectivity index (χ3n) is 3.64. The minimum absolute atomic E-state index is 0.0449. The molecule has 0 unspecified atom stereocenters. The Bertz CT molecular complexity index is 553. The van der Waals surface area contributed by atoms with Gasteiger partial charge in [-0.15, -0.1) is 0 Å². The SMILES string of the molecule is COc1cc([N+](=O)[O-])ccc1OCC1(O)CCS(O)(O)CC1. The summed E-state index contributed by atoms with van der Waals surface area (Å²) in [5.74, 6) is 0.783. The summed E-state index contributed by atoms with van der Waals surface area (Å²) in [4.78, 5) is 10.2. The largest absolute Gasteiger partial charge is 0.493 e. The second kappa shape index (κ2) is 6.29. The van der Waals surface area contributed by atoms with Gasteiger partial charge in [-0.2, -0.15) is 10.6 Å². The van der Waals surface area contributed by atoms with Crippen LogP contribution in [0.4, 0.5) is 5.69 Å². The van der Waals surface area contributed by atoms with Gasteiger partial charge < -0.3 is 14.6 Å². The van der Waals surface area contributed by atoms with E-state index in [1.54, 1.807) is 0 Å². The molecule has 1 aromatic rings. The number of non-ortho nitro benzene ring substituents is 1. The number of ether oxygens (including phenoxy) is 2. The first kappa shape index (κ1) is 16.8. The Balaban J connectivity index is 2.04. The van der Waals surface area contributed by atoms with Crippen molar-refractivity contribution in [3.8, 4) is 11.5 Å². The summed E-state index contributed by atoms with van der Waals surface area (Å²) in [6, 6.07) is 3.95. The van der Waals surface area contributed by atoms with Crippen molar-refractivity contribution in [2.24, 2.45) is 0 Å². The van der Waals surface area contributed by atoms with Crippen molar-refractivity contribution in [2.45, 2.75) is 18.4 Å². The lowest BCUT2D eigenvalue weighted by molar-refractivity contribution is -0.385. The summed E-state index contributed by atoms with van der Waals surface area (Å²) in [5, 5.41) is 21.1. The van der Waals surface area contributed by atoms with E-state index in [1.165, 1.54) is 25.3 Å². The van der Waals surface area contributed by atoms with Gasteiger partial charge >= 0.3 is 0 Å². The molecule has 1 heterocycles. The van der Waals surface area contributed by atoms with E-state index in [0.717, 1.165) is 0 Å². The molecule has 8 nitrogen and oxygen atoms in total. The standard InChI is InChI=1S/C13H19NO7S/c1-20-12-8-10(14(16)17)2-3-11(12)21-9-13(15)4-6-22(18,19)7-5-13/h2-3,8,15,18-19H,4-7,9H2,1H3. The van der Waals surface area contributed by atoms with Crippen molar-refractivity contribution in [3.63, 3.8) is 0 Å². The minimum Gasteiger partial charge on any atom is -0.493 e. The molecule has 0 radical (unpaired) electrons. The molecule has 22 heavy (non-hydrogen) atoms. The number of rotatable bonds is 5. The van der Waals surface area contributed by atoms with Crippen molar-refractivity contribution < 1.29 is 28.6 Å². The van der Waals surface area contributed by atoms with Crippen LogP contribution in [0.5, 0.6) is 11.5 Å². The number of nitrogens with zero attached hydrogens (tertiary/aromatic N) is 1. The smallest absolute Gasteiger partial charge is 0.273 e. The van der Waals surface area contributed by atoms with Crippen LogP contribution >= 0.6 is 10.6 Å². The van der Waals surface area contributed by atoms with Gasteiger partial charge in [0.15, 0.2) is 11.5 Å². The van der Waals surface area contributed by atoms with Gasteiger partial charge in [0.25, 0.3) is 5.69 Å². The second-order valence-electron chi connectivity index (χ2n) is 5.32. The zero-order valence-electron chi connectivity index (χ0n) is 12.1. The van der Waals surface area contributed by atoms with Crippen LogP contribution in [0.2, 0.25) is 0 Å². The summed E-state index contributed by atoms with van der Waals surface area (Å²) >= 11 is 0. The van der Waals surface area contributed by atoms with Crippen LogP contribution < -0.4 is 9.47 Å². The molecule has 0 saturated carbocycles. The molecule has 1 aliphatic heterocycles. The van der Waals surface area contributed by atoms with E-state index in [2.05, 4.69) is 0 Å². The van der Waals surface area contributed by atoms with E-state index in [9.17, 15) is 24.3 Å². The van der Waals surface area contributed by atoms with Crippen LogP contribution in [0.25, 0.3) is 0 Å². The highest BCUT2D eigenvalue weighted by molar-refractivity contribution is 8.24. The lowest BCUT2D eigenvalue weighted by Gasteiger charge is -2.43. The molecule has 9 heteroatoms. The van der Waals surface area contributed by atoms with Crippen molar-refractivity contribution >= 4 is 16.3 Å². The molecule has 1 aromatic carbocycles. The Morgan fingerprint density at radius 3 is 2.50 bits per heavy atom. The first-order valence-electron chi connectivity index (χ1n) is 6.66. The topological polar surface area (TPSA) is 122 Å². The first-order chi connectivity index (χ1) is 10.2. The number of hydrogen-bond acceptors (Lipinski definition) is 7. The molecule has 0 bridgehead atoms. The Morgan fingerprint density at radius 2 is 1.95 bits per heavy atom. The van der Waals surface area contributed by atoms with Crippen molar-refractivity contribution in [1.82, 2.24) is 0 Å². The lowest BCUT2D eigenvalue weighted by Crippen LogP contribution is -2.42. The first-order valence-corrected chi connectivity index (χ1v) is 8.54. The fraction of sp³-hybridized carbons (Fsp3) is 0.538. The zero-order chi connectivity index (χ0) is 16.4. The minimum atomic E-state index is -2.58. The molecule has 0 aromatic heterocycles. The van der Waals surface area contributed by atoms with Crippen LogP contribution in [-0.2, 0) is 0 Å². The Kier molecular flexibility index (Phi) is 4.81. The summed E-state index contributed by atoms with van der Waals surface area (Å²) in [5.41, 5.74) is -1.26. The molecule has 0 amide bonds. The molecule has 2 rings (SSSR count). The van der Waals surface area contributed by atoms with Gasteiger partial charge in [0.2, 0.25) is 0 Å². The number of methoxy groups -OCH3 is 1. The average molecular weight is 333 g/mol. The highest BCUT2D eigenvalue weighted by Crippen LogP contribution is 2.47. The number of nitro benzene ring substituents is 1. The monoisotopic (exact) mass is 333 g/mol.